The molecular weight excluding hydrogens is 364 g/mol. The molecule has 2 aliphatic rings. The normalized spacial score (nSPS) is 21.2. The Labute approximate surface area is 173 Å². The first-order valence-electron chi connectivity index (χ1n) is 10.4. The van der Waals surface area contributed by atoms with Gasteiger partial charge in [-0.1, -0.05) is 36.4 Å². The van der Waals surface area contributed by atoms with E-state index in [4.69, 9.17) is 9.47 Å². The van der Waals surface area contributed by atoms with Crippen molar-refractivity contribution in [3.8, 4) is 5.75 Å². The van der Waals surface area contributed by atoms with Crippen LogP contribution in [0.5, 0.6) is 5.75 Å². The summed E-state index contributed by atoms with van der Waals surface area (Å²) in [6.07, 6.45) is 1.99. The van der Waals surface area contributed by atoms with E-state index in [1.807, 2.05) is 49.9 Å². The van der Waals surface area contributed by atoms with Crippen molar-refractivity contribution in [2.45, 2.75) is 57.9 Å². The molecule has 2 bridgehead atoms. The van der Waals surface area contributed by atoms with E-state index >= 15 is 0 Å². The van der Waals surface area contributed by atoms with E-state index in [0.717, 1.165) is 24.2 Å². The minimum absolute atomic E-state index is 0.200. The zero-order valence-electron chi connectivity index (χ0n) is 17.5. The first-order valence-corrected chi connectivity index (χ1v) is 10.4. The van der Waals surface area contributed by atoms with Gasteiger partial charge >= 0.3 is 6.09 Å². The highest BCUT2D eigenvalue weighted by Crippen LogP contribution is 2.36. The number of anilines is 1. The Kier molecular flexibility index (Phi) is 5.39. The third-order valence-corrected chi connectivity index (χ3v) is 5.50. The van der Waals surface area contributed by atoms with Crippen LogP contribution in [0.1, 0.15) is 39.2 Å². The van der Waals surface area contributed by atoms with Gasteiger partial charge in [-0.15, -0.1) is 0 Å². The lowest BCUT2D eigenvalue weighted by atomic mass is 10.1. The second-order valence-corrected chi connectivity index (χ2v) is 8.95. The van der Waals surface area contributed by atoms with Gasteiger partial charge in [0.2, 0.25) is 0 Å². The largest absolute Gasteiger partial charge is 0.489 e. The molecule has 5 nitrogen and oxygen atoms in total. The molecule has 2 unspecified atom stereocenters. The molecule has 0 saturated carbocycles. The van der Waals surface area contributed by atoms with Crippen molar-refractivity contribution in [3.05, 3.63) is 60.2 Å². The minimum atomic E-state index is -0.461. The molecule has 2 atom stereocenters. The molecule has 29 heavy (non-hydrogen) atoms. The number of rotatable bonds is 4. The summed E-state index contributed by atoms with van der Waals surface area (Å²) in [6.45, 7) is 7.72. The van der Waals surface area contributed by atoms with E-state index < -0.39 is 5.60 Å². The lowest BCUT2D eigenvalue weighted by Crippen LogP contribution is -2.56. The number of hydrogen-bond acceptors (Lipinski definition) is 4. The number of nitrogens with zero attached hydrogens (tertiary/aromatic N) is 2. The van der Waals surface area contributed by atoms with Crippen molar-refractivity contribution in [2.24, 2.45) is 0 Å². The molecule has 0 radical (unpaired) electrons. The lowest BCUT2D eigenvalue weighted by molar-refractivity contribution is 0.0209. The number of ether oxygens (including phenoxy) is 2. The Morgan fingerprint density at radius 2 is 1.69 bits per heavy atom. The highest BCUT2D eigenvalue weighted by Gasteiger charge is 2.42. The number of amides is 1. The Morgan fingerprint density at radius 1 is 1.00 bits per heavy atom. The van der Waals surface area contributed by atoms with Gasteiger partial charge in [-0.05, 0) is 51.3 Å². The van der Waals surface area contributed by atoms with Gasteiger partial charge in [0.15, 0.2) is 0 Å². The number of hydrogen-bond donors (Lipinski definition) is 0. The number of likely N-dealkylation sites (tertiary alicyclic amines) is 1. The molecule has 2 aromatic rings. The van der Waals surface area contributed by atoms with Crippen LogP contribution in [0.25, 0.3) is 0 Å². The van der Waals surface area contributed by atoms with E-state index in [1.54, 1.807) is 0 Å². The van der Waals surface area contributed by atoms with Gasteiger partial charge in [0, 0.05) is 36.9 Å². The van der Waals surface area contributed by atoms with Gasteiger partial charge in [-0.2, -0.15) is 0 Å². The maximum Gasteiger partial charge on any atom is 0.410 e. The summed E-state index contributed by atoms with van der Waals surface area (Å²) >= 11 is 0. The van der Waals surface area contributed by atoms with Gasteiger partial charge in [0.1, 0.15) is 18.0 Å². The Morgan fingerprint density at radius 3 is 2.34 bits per heavy atom. The van der Waals surface area contributed by atoms with Crippen LogP contribution in [0.2, 0.25) is 0 Å². The van der Waals surface area contributed by atoms with Gasteiger partial charge in [0.25, 0.3) is 0 Å². The first kappa shape index (κ1) is 19.6. The maximum atomic E-state index is 12.5. The second kappa shape index (κ2) is 7.97. The summed E-state index contributed by atoms with van der Waals surface area (Å²) < 4.78 is 11.6. The fourth-order valence-electron chi connectivity index (χ4n) is 4.27. The predicted molar refractivity (Wildman–Crippen MR) is 114 cm³/mol. The van der Waals surface area contributed by atoms with Crippen LogP contribution in [0.3, 0.4) is 0 Å². The average molecular weight is 395 g/mol. The van der Waals surface area contributed by atoms with Crippen molar-refractivity contribution < 1.29 is 14.3 Å². The molecule has 2 aliphatic heterocycles. The molecule has 1 amide bonds. The number of fused-ring (bicyclic) bond motifs is 2. The standard InChI is InChI=1S/C24H30N2O3/c1-24(2,3)29-23(27)25-15-20-12-13-21(16-25)26(20)19-10-7-11-22(14-19)28-17-18-8-5-4-6-9-18/h4-11,14,20-21H,12-13,15-17H2,1-3H3. The molecule has 4 rings (SSSR count). The third kappa shape index (κ3) is 4.66. The number of piperazine rings is 1. The summed E-state index contributed by atoms with van der Waals surface area (Å²) in [5, 5.41) is 0. The van der Waals surface area contributed by atoms with Crippen molar-refractivity contribution >= 4 is 11.8 Å². The second-order valence-electron chi connectivity index (χ2n) is 8.95. The SMILES string of the molecule is CC(C)(C)OC(=O)N1CC2CCC(C1)N2c1cccc(OCc2ccccc2)c1. The molecule has 2 fully saturated rings. The van der Waals surface area contributed by atoms with Crippen molar-refractivity contribution in [1.29, 1.82) is 0 Å². The maximum absolute atomic E-state index is 12.5. The highest BCUT2D eigenvalue weighted by molar-refractivity contribution is 5.69. The molecule has 2 aromatic carbocycles. The molecule has 2 saturated heterocycles. The van der Waals surface area contributed by atoms with Crippen LogP contribution in [0, 0.1) is 0 Å². The van der Waals surface area contributed by atoms with Crippen LogP contribution in [-0.4, -0.2) is 41.8 Å². The third-order valence-electron chi connectivity index (χ3n) is 5.50. The van der Waals surface area contributed by atoms with Gasteiger partial charge in [-0.3, -0.25) is 0 Å². The number of carbonyl (C=O) groups excluding carboxylic acids is 1. The topological polar surface area (TPSA) is 42.0 Å². The zero-order valence-corrected chi connectivity index (χ0v) is 17.5. The smallest absolute Gasteiger partial charge is 0.410 e. The van der Waals surface area contributed by atoms with Crippen LogP contribution in [-0.2, 0) is 11.3 Å². The van der Waals surface area contributed by atoms with Gasteiger partial charge in [0.05, 0.1) is 0 Å². The van der Waals surface area contributed by atoms with Crippen LogP contribution >= 0.6 is 0 Å². The summed E-state index contributed by atoms with van der Waals surface area (Å²) in [7, 11) is 0. The molecule has 154 valence electrons. The summed E-state index contributed by atoms with van der Waals surface area (Å²) in [6, 6.07) is 19.2. The summed E-state index contributed by atoms with van der Waals surface area (Å²) in [5.41, 5.74) is 1.87. The highest BCUT2D eigenvalue weighted by atomic mass is 16.6. The average Bonchev–Trinajstić information content (AvgIpc) is 2.95. The molecule has 0 aliphatic carbocycles. The van der Waals surface area contributed by atoms with Crippen molar-refractivity contribution in [2.75, 3.05) is 18.0 Å². The minimum Gasteiger partial charge on any atom is -0.489 e. The van der Waals surface area contributed by atoms with Gasteiger partial charge in [-0.25, -0.2) is 4.79 Å². The fourth-order valence-corrected chi connectivity index (χ4v) is 4.27. The Hall–Kier alpha value is -2.69. The van der Waals surface area contributed by atoms with E-state index in [2.05, 4.69) is 35.2 Å². The summed E-state index contributed by atoms with van der Waals surface area (Å²) in [5.74, 6) is 0.875. The Balaban J connectivity index is 1.43. The van der Waals surface area contributed by atoms with E-state index in [1.165, 1.54) is 5.69 Å². The van der Waals surface area contributed by atoms with E-state index in [9.17, 15) is 4.79 Å². The quantitative estimate of drug-likeness (QED) is 0.743. The summed E-state index contributed by atoms with van der Waals surface area (Å²) in [4.78, 5) is 16.9. The molecule has 0 spiro atoms. The Bertz CT molecular complexity index is 833. The molecular formula is C24H30N2O3. The first-order chi connectivity index (χ1) is 13.9. The van der Waals surface area contributed by atoms with Crippen molar-refractivity contribution in [1.82, 2.24) is 4.90 Å². The van der Waals surface area contributed by atoms with Crippen LogP contribution < -0.4 is 9.64 Å². The monoisotopic (exact) mass is 394 g/mol. The van der Waals surface area contributed by atoms with Crippen LogP contribution in [0.15, 0.2) is 54.6 Å². The number of carbonyl (C=O) groups is 1. The predicted octanol–water partition coefficient (Wildman–Crippen LogP) is 4.85. The molecule has 2 heterocycles. The van der Waals surface area contributed by atoms with E-state index in [0.29, 0.717) is 31.8 Å². The fraction of sp³-hybridized carbons (Fsp3) is 0.458. The molecule has 0 aromatic heterocycles. The van der Waals surface area contributed by atoms with E-state index in [-0.39, 0.29) is 6.09 Å². The van der Waals surface area contributed by atoms with Crippen molar-refractivity contribution in [3.63, 3.8) is 0 Å². The molecule has 0 N–H and O–H groups in total. The lowest BCUT2D eigenvalue weighted by Gasteiger charge is -2.42. The molecule has 5 heteroatoms. The number of benzene rings is 2. The van der Waals surface area contributed by atoms with Gasteiger partial charge < -0.3 is 19.3 Å². The van der Waals surface area contributed by atoms with Crippen LogP contribution in [0.4, 0.5) is 10.5 Å². The zero-order chi connectivity index (χ0) is 20.4.